The van der Waals surface area contributed by atoms with E-state index in [1.165, 1.54) is 0 Å². The van der Waals surface area contributed by atoms with E-state index in [1.807, 2.05) is 26.0 Å². The number of hydrogen-bond acceptors (Lipinski definition) is 3. The number of hydrogen-bond donors (Lipinski definition) is 1. The molecule has 0 amide bonds. The molecular formula is C13H12BrNOS. The summed E-state index contributed by atoms with van der Waals surface area (Å²) >= 11 is 4.97. The number of thiophene rings is 1. The van der Waals surface area contributed by atoms with Gasteiger partial charge in [-0.3, -0.25) is 4.79 Å². The topological polar surface area (TPSA) is 43.1 Å². The minimum absolute atomic E-state index is 0.0487. The van der Waals surface area contributed by atoms with Gasteiger partial charge < -0.3 is 5.73 Å². The summed E-state index contributed by atoms with van der Waals surface area (Å²) in [4.78, 5) is 13.3. The summed E-state index contributed by atoms with van der Waals surface area (Å²) in [5, 5.41) is 0. The lowest BCUT2D eigenvalue weighted by Gasteiger charge is -2.04. The average molecular weight is 310 g/mol. The fourth-order valence-corrected chi connectivity index (χ4v) is 3.33. The van der Waals surface area contributed by atoms with E-state index in [0.29, 0.717) is 11.3 Å². The smallest absolute Gasteiger partial charge is 0.194 e. The standard InChI is InChI=1S/C13H12BrNOS/c1-7-5-9(3-4-11(7)15)13(16)10-6-12(14)17-8(10)2/h3-6H,15H2,1-2H3. The third kappa shape index (κ3) is 2.42. The minimum Gasteiger partial charge on any atom is -0.399 e. The largest absolute Gasteiger partial charge is 0.399 e. The zero-order valence-corrected chi connectivity index (χ0v) is 12.0. The van der Waals surface area contributed by atoms with E-state index in [9.17, 15) is 4.79 Å². The fraction of sp³-hybridized carbons (Fsp3) is 0.154. The Bertz CT molecular complexity index is 589. The first kappa shape index (κ1) is 12.3. The quantitative estimate of drug-likeness (QED) is 0.674. The zero-order valence-electron chi connectivity index (χ0n) is 9.58. The first-order chi connectivity index (χ1) is 7.99. The molecule has 88 valence electrons. The van der Waals surface area contributed by atoms with Gasteiger partial charge in [0.2, 0.25) is 0 Å². The molecule has 2 nitrogen and oxygen atoms in total. The number of aryl methyl sites for hydroxylation is 2. The summed E-state index contributed by atoms with van der Waals surface area (Å²) < 4.78 is 0.977. The summed E-state index contributed by atoms with van der Waals surface area (Å²) in [6, 6.07) is 7.26. The highest BCUT2D eigenvalue weighted by Crippen LogP contribution is 2.28. The van der Waals surface area contributed by atoms with Crippen LogP contribution in [-0.4, -0.2) is 5.78 Å². The van der Waals surface area contributed by atoms with Crippen LogP contribution in [0.15, 0.2) is 28.1 Å². The summed E-state index contributed by atoms with van der Waals surface area (Å²) in [5.41, 5.74) is 8.83. The second-order valence-electron chi connectivity index (χ2n) is 3.92. The second kappa shape index (κ2) is 4.63. The Labute approximate surface area is 113 Å². The molecular weight excluding hydrogens is 298 g/mol. The van der Waals surface area contributed by atoms with E-state index in [1.54, 1.807) is 23.5 Å². The number of nitrogen functional groups attached to an aromatic ring is 1. The van der Waals surface area contributed by atoms with Crippen LogP contribution in [0.5, 0.6) is 0 Å². The molecule has 4 heteroatoms. The van der Waals surface area contributed by atoms with Gasteiger partial charge in [-0.25, -0.2) is 0 Å². The number of benzene rings is 1. The van der Waals surface area contributed by atoms with Gasteiger partial charge in [0.1, 0.15) is 0 Å². The number of rotatable bonds is 2. The molecule has 0 aliphatic rings. The van der Waals surface area contributed by atoms with Crippen molar-refractivity contribution in [3.8, 4) is 0 Å². The monoisotopic (exact) mass is 309 g/mol. The van der Waals surface area contributed by atoms with E-state index in [-0.39, 0.29) is 5.78 Å². The average Bonchev–Trinajstić information content (AvgIpc) is 2.61. The molecule has 0 radical (unpaired) electrons. The molecule has 2 rings (SSSR count). The summed E-state index contributed by atoms with van der Waals surface area (Å²) in [7, 11) is 0. The Balaban J connectivity index is 2.44. The van der Waals surface area contributed by atoms with Gasteiger partial charge in [0.05, 0.1) is 3.79 Å². The van der Waals surface area contributed by atoms with Crippen molar-refractivity contribution in [3.63, 3.8) is 0 Å². The van der Waals surface area contributed by atoms with Gasteiger partial charge in [0, 0.05) is 21.7 Å². The fourth-order valence-electron chi connectivity index (χ4n) is 1.64. The van der Waals surface area contributed by atoms with Crippen molar-refractivity contribution in [1.29, 1.82) is 0 Å². The molecule has 17 heavy (non-hydrogen) atoms. The summed E-state index contributed by atoms with van der Waals surface area (Å²) in [6.07, 6.45) is 0. The van der Waals surface area contributed by atoms with Crippen molar-refractivity contribution in [1.82, 2.24) is 0 Å². The third-order valence-electron chi connectivity index (χ3n) is 2.66. The van der Waals surface area contributed by atoms with Crippen molar-refractivity contribution in [2.45, 2.75) is 13.8 Å². The van der Waals surface area contributed by atoms with Crippen LogP contribution < -0.4 is 5.73 Å². The molecule has 0 aliphatic carbocycles. The molecule has 1 aromatic heterocycles. The molecule has 1 heterocycles. The highest BCUT2D eigenvalue weighted by Gasteiger charge is 2.15. The van der Waals surface area contributed by atoms with Crippen LogP contribution in [0.4, 0.5) is 5.69 Å². The molecule has 0 aliphatic heterocycles. The SMILES string of the molecule is Cc1cc(C(=O)c2cc(Br)sc2C)ccc1N. The highest BCUT2D eigenvalue weighted by atomic mass is 79.9. The Kier molecular flexibility index (Phi) is 3.35. The Hall–Kier alpha value is -1.13. The van der Waals surface area contributed by atoms with Crippen LogP contribution in [0, 0.1) is 13.8 Å². The van der Waals surface area contributed by atoms with Crippen LogP contribution in [0.3, 0.4) is 0 Å². The van der Waals surface area contributed by atoms with E-state index >= 15 is 0 Å². The lowest BCUT2D eigenvalue weighted by atomic mass is 10.0. The predicted molar refractivity (Wildman–Crippen MR) is 75.8 cm³/mol. The highest BCUT2D eigenvalue weighted by molar-refractivity contribution is 9.11. The van der Waals surface area contributed by atoms with Gasteiger partial charge in [0.15, 0.2) is 5.78 Å². The van der Waals surface area contributed by atoms with Crippen molar-refractivity contribution < 1.29 is 4.79 Å². The number of anilines is 1. The van der Waals surface area contributed by atoms with Gasteiger partial charge in [0.25, 0.3) is 0 Å². The zero-order chi connectivity index (χ0) is 12.6. The molecule has 1 aromatic carbocycles. The summed E-state index contributed by atoms with van der Waals surface area (Å²) in [6.45, 7) is 3.86. The number of carbonyl (C=O) groups is 1. The molecule has 0 spiro atoms. The van der Waals surface area contributed by atoms with E-state index < -0.39 is 0 Å². The Morgan fingerprint density at radius 1 is 1.29 bits per heavy atom. The molecule has 0 saturated carbocycles. The number of ketones is 1. The molecule has 2 N–H and O–H groups in total. The van der Waals surface area contributed by atoms with Crippen molar-refractivity contribution in [3.05, 3.63) is 49.6 Å². The van der Waals surface area contributed by atoms with Crippen LogP contribution in [0.1, 0.15) is 26.4 Å². The van der Waals surface area contributed by atoms with Gasteiger partial charge in [-0.2, -0.15) is 0 Å². The normalized spacial score (nSPS) is 10.5. The van der Waals surface area contributed by atoms with Crippen LogP contribution in [-0.2, 0) is 0 Å². The first-order valence-corrected chi connectivity index (χ1v) is 6.76. The van der Waals surface area contributed by atoms with Gasteiger partial charge in [-0.1, -0.05) is 0 Å². The Morgan fingerprint density at radius 2 is 2.00 bits per heavy atom. The molecule has 0 bridgehead atoms. The molecule has 0 atom stereocenters. The van der Waals surface area contributed by atoms with Gasteiger partial charge >= 0.3 is 0 Å². The molecule has 0 saturated heterocycles. The Morgan fingerprint density at radius 3 is 2.53 bits per heavy atom. The summed E-state index contributed by atoms with van der Waals surface area (Å²) in [5.74, 6) is 0.0487. The number of nitrogens with two attached hydrogens (primary N) is 1. The lowest BCUT2D eigenvalue weighted by molar-refractivity contribution is 0.103. The lowest BCUT2D eigenvalue weighted by Crippen LogP contribution is -2.02. The maximum absolute atomic E-state index is 12.3. The van der Waals surface area contributed by atoms with E-state index in [2.05, 4.69) is 15.9 Å². The van der Waals surface area contributed by atoms with Crippen LogP contribution in [0.25, 0.3) is 0 Å². The maximum atomic E-state index is 12.3. The van der Waals surface area contributed by atoms with Gasteiger partial charge in [-0.15, -0.1) is 11.3 Å². The van der Waals surface area contributed by atoms with Crippen molar-refractivity contribution in [2.24, 2.45) is 0 Å². The van der Waals surface area contributed by atoms with E-state index in [0.717, 1.165) is 19.8 Å². The van der Waals surface area contributed by atoms with Crippen molar-refractivity contribution in [2.75, 3.05) is 5.73 Å². The number of halogens is 1. The minimum atomic E-state index is 0.0487. The first-order valence-electron chi connectivity index (χ1n) is 5.16. The van der Waals surface area contributed by atoms with Crippen LogP contribution >= 0.6 is 27.3 Å². The third-order valence-corrected chi connectivity index (χ3v) is 4.22. The molecule has 0 unspecified atom stereocenters. The van der Waals surface area contributed by atoms with Crippen LogP contribution in [0.2, 0.25) is 0 Å². The second-order valence-corrected chi connectivity index (χ2v) is 6.56. The molecule has 2 aromatic rings. The van der Waals surface area contributed by atoms with Gasteiger partial charge in [-0.05, 0) is 59.6 Å². The predicted octanol–water partition coefficient (Wildman–Crippen LogP) is 3.94. The van der Waals surface area contributed by atoms with Crippen molar-refractivity contribution >= 4 is 38.7 Å². The molecule has 0 fully saturated rings. The van der Waals surface area contributed by atoms with E-state index in [4.69, 9.17) is 5.73 Å². The number of carbonyl (C=O) groups excluding carboxylic acids is 1. The maximum Gasteiger partial charge on any atom is 0.194 e.